The second kappa shape index (κ2) is 5.50. The minimum Gasteiger partial charge on any atom is -0.394 e. The molecule has 84 valence electrons. The number of rotatable bonds is 5. The maximum absolute atomic E-state index is 9.04. The van der Waals surface area contributed by atoms with Gasteiger partial charge in [0, 0.05) is 19.8 Å². The van der Waals surface area contributed by atoms with Crippen molar-refractivity contribution in [1.29, 1.82) is 0 Å². The van der Waals surface area contributed by atoms with E-state index in [2.05, 4.69) is 15.3 Å². The molecule has 2 N–H and O–H groups in total. The molecule has 1 atom stereocenters. The molecule has 0 aromatic carbocycles. The first-order valence-corrected chi connectivity index (χ1v) is 5.09. The third-order valence-electron chi connectivity index (χ3n) is 2.26. The van der Waals surface area contributed by atoms with Crippen molar-refractivity contribution in [3.8, 4) is 0 Å². The Labute approximate surface area is 90.2 Å². The van der Waals surface area contributed by atoms with E-state index in [4.69, 9.17) is 5.11 Å². The zero-order valence-corrected chi connectivity index (χ0v) is 9.44. The van der Waals surface area contributed by atoms with Crippen LogP contribution in [-0.4, -0.2) is 41.3 Å². The molecule has 0 aliphatic carbocycles. The molecule has 1 aromatic heterocycles. The van der Waals surface area contributed by atoms with Gasteiger partial charge in [-0.3, -0.25) is 0 Å². The fourth-order valence-corrected chi connectivity index (χ4v) is 1.14. The number of likely N-dealkylation sites (N-methyl/N-ethyl adjacent to an activating group) is 1. The Morgan fingerprint density at radius 1 is 1.60 bits per heavy atom. The van der Waals surface area contributed by atoms with Gasteiger partial charge in [0.25, 0.3) is 0 Å². The monoisotopic (exact) mass is 210 g/mol. The Balaban J connectivity index is 2.80. The normalized spacial score (nSPS) is 12.3. The summed E-state index contributed by atoms with van der Waals surface area (Å²) in [7, 11) is 1.90. The van der Waals surface area contributed by atoms with Crippen LogP contribution in [0, 0.1) is 0 Å². The number of hydrogen-bond acceptors (Lipinski definition) is 5. The molecule has 1 aromatic rings. The van der Waals surface area contributed by atoms with E-state index in [-0.39, 0.29) is 12.6 Å². The van der Waals surface area contributed by atoms with Crippen LogP contribution in [0.1, 0.15) is 13.8 Å². The molecule has 0 bridgehead atoms. The molecular formula is C10H18N4O. The zero-order valence-electron chi connectivity index (χ0n) is 9.44. The van der Waals surface area contributed by atoms with Crippen molar-refractivity contribution in [2.45, 2.75) is 19.9 Å². The molecule has 0 radical (unpaired) electrons. The average Bonchev–Trinajstić information content (AvgIpc) is 2.28. The minimum atomic E-state index is 0.0503. The van der Waals surface area contributed by atoms with E-state index in [1.165, 1.54) is 0 Å². The highest BCUT2D eigenvalue weighted by atomic mass is 16.3. The molecule has 5 nitrogen and oxygen atoms in total. The van der Waals surface area contributed by atoms with Gasteiger partial charge in [0.1, 0.15) is 5.82 Å². The first-order valence-electron chi connectivity index (χ1n) is 5.09. The first-order chi connectivity index (χ1) is 7.19. The Hall–Kier alpha value is -1.36. The highest BCUT2D eigenvalue weighted by Gasteiger charge is 2.10. The van der Waals surface area contributed by atoms with Gasteiger partial charge in [0.15, 0.2) is 0 Å². The largest absolute Gasteiger partial charge is 0.394 e. The quantitative estimate of drug-likeness (QED) is 0.750. The molecule has 0 amide bonds. The van der Waals surface area contributed by atoms with Crippen LogP contribution < -0.4 is 10.2 Å². The number of aliphatic hydroxyl groups is 1. The Morgan fingerprint density at radius 2 is 2.33 bits per heavy atom. The van der Waals surface area contributed by atoms with E-state index in [1.54, 1.807) is 6.20 Å². The van der Waals surface area contributed by atoms with E-state index in [9.17, 15) is 0 Å². The highest BCUT2D eigenvalue weighted by molar-refractivity contribution is 5.42. The molecule has 0 spiro atoms. The lowest BCUT2D eigenvalue weighted by atomic mass is 10.3. The number of nitrogens with zero attached hydrogens (tertiary/aromatic N) is 3. The lowest BCUT2D eigenvalue weighted by molar-refractivity contribution is 0.270. The van der Waals surface area contributed by atoms with Gasteiger partial charge in [-0.2, -0.15) is 4.98 Å². The number of aromatic nitrogens is 2. The maximum atomic E-state index is 9.04. The lowest BCUT2D eigenvalue weighted by Crippen LogP contribution is -2.32. The van der Waals surface area contributed by atoms with Crippen molar-refractivity contribution in [3.05, 3.63) is 12.3 Å². The van der Waals surface area contributed by atoms with Crippen LogP contribution in [0.25, 0.3) is 0 Å². The molecular weight excluding hydrogens is 192 g/mol. The Kier molecular flexibility index (Phi) is 4.30. The van der Waals surface area contributed by atoms with Crippen molar-refractivity contribution in [2.24, 2.45) is 0 Å². The third kappa shape index (κ3) is 3.06. The summed E-state index contributed by atoms with van der Waals surface area (Å²) in [6.07, 6.45) is 1.71. The summed E-state index contributed by atoms with van der Waals surface area (Å²) in [5, 5.41) is 12.1. The van der Waals surface area contributed by atoms with Crippen LogP contribution in [-0.2, 0) is 0 Å². The van der Waals surface area contributed by atoms with Crippen LogP contribution in [0.5, 0.6) is 0 Å². The summed E-state index contributed by atoms with van der Waals surface area (Å²) in [4.78, 5) is 10.3. The van der Waals surface area contributed by atoms with Crippen molar-refractivity contribution in [2.75, 3.05) is 30.4 Å². The van der Waals surface area contributed by atoms with E-state index in [0.717, 1.165) is 12.4 Å². The maximum Gasteiger partial charge on any atom is 0.224 e. The predicted octanol–water partition coefficient (Wildman–Crippen LogP) is 0.725. The van der Waals surface area contributed by atoms with Crippen molar-refractivity contribution >= 4 is 11.8 Å². The summed E-state index contributed by atoms with van der Waals surface area (Å²) in [6, 6.07) is 1.88. The number of nitrogens with one attached hydrogen (secondary N) is 1. The zero-order chi connectivity index (χ0) is 11.3. The topological polar surface area (TPSA) is 61.3 Å². The first kappa shape index (κ1) is 11.7. The van der Waals surface area contributed by atoms with Crippen LogP contribution >= 0.6 is 0 Å². The van der Waals surface area contributed by atoms with Gasteiger partial charge >= 0.3 is 0 Å². The van der Waals surface area contributed by atoms with Gasteiger partial charge in [-0.25, -0.2) is 4.98 Å². The number of hydrogen-bond donors (Lipinski definition) is 2. The summed E-state index contributed by atoms with van der Waals surface area (Å²) < 4.78 is 0. The van der Waals surface area contributed by atoms with Crippen molar-refractivity contribution < 1.29 is 5.11 Å². The number of anilines is 2. The summed E-state index contributed by atoms with van der Waals surface area (Å²) in [6.45, 7) is 4.84. The van der Waals surface area contributed by atoms with E-state index >= 15 is 0 Å². The smallest absolute Gasteiger partial charge is 0.224 e. The molecule has 0 saturated carbocycles. The summed E-state index contributed by atoms with van der Waals surface area (Å²) >= 11 is 0. The predicted molar refractivity (Wildman–Crippen MR) is 61.1 cm³/mol. The Morgan fingerprint density at radius 3 is 2.93 bits per heavy atom. The molecule has 1 rings (SSSR count). The lowest BCUT2D eigenvalue weighted by Gasteiger charge is -2.24. The Bertz CT molecular complexity index is 305. The molecule has 0 fully saturated rings. The molecule has 0 saturated heterocycles. The van der Waals surface area contributed by atoms with Gasteiger partial charge in [-0.1, -0.05) is 0 Å². The van der Waals surface area contributed by atoms with Crippen molar-refractivity contribution in [1.82, 2.24) is 9.97 Å². The van der Waals surface area contributed by atoms with E-state index in [0.29, 0.717) is 5.95 Å². The van der Waals surface area contributed by atoms with E-state index in [1.807, 2.05) is 31.9 Å². The fourth-order valence-electron chi connectivity index (χ4n) is 1.14. The molecule has 1 unspecified atom stereocenters. The van der Waals surface area contributed by atoms with E-state index < -0.39 is 0 Å². The van der Waals surface area contributed by atoms with Gasteiger partial charge in [0.2, 0.25) is 5.95 Å². The average molecular weight is 210 g/mol. The summed E-state index contributed by atoms with van der Waals surface area (Å²) in [5.41, 5.74) is 0. The van der Waals surface area contributed by atoms with Crippen LogP contribution in [0.3, 0.4) is 0 Å². The van der Waals surface area contributed by atoms with Gasteiger partial charge < -0.3 is 15.3 Å². The minimum absolute atomic E-state index is 0.0503. The van der Waals surface area contributed by atoms with Crippen LogP contribution in [0.4, 0.5) is 11.8 Å². The fraction of sp³-hybridized carbons (Fsp3) is 0.600. The molecule has 15 heavy (non-hydrogen) atoms. The second-order valence-corrected chi connectivity index (χ2v) is 3.41. The standard InChI is InChI=1S/C10H18N4O/c1-4-11-10-12-6-5-9(13-10)14(3)8(2)7-15/h5-6,8,15H,4,7H2,1-3H3,(H,11,12,13). The van der Waals surface area contributed by atoms with Crippen molar-refractivity contribution in [3.63, 3.8) is 0 Å². The molecule has 1 heterocycles. The summed E-state index contributed by atoms with van der Waals surface area (Å²) in [5.74, 6) is 1.43. The highest BCUT2D eigenvalue weighted by Crippen LogP contribution is 2.12. The van der Waals surface area contributed by atoms with Gasteiger partial charge in [-0.05, 0) is 19.9 Å². The third-order valence-corrected chi connectivity index (χ3v) is 2.26. The molecule has 0 aliphatic rings. The van der Waals surface area contributed by atoms with Crippen LogP contribution in [0.2, 0.25) is 0 Å². The molecule has 5 heteroatoms. The molecule has 0 aliphatic heterocycles. The second-order valence-electron chi connectivity index (χ2n) is 3.41. The van der Waals surface area contributed by atoms with Gasteiger partial charge in [-0.15, -0.1) is 0 Å². The number of aliphatic hydroxyl groups excluding tert-OH is 1. The van der Waals surface area contributed by atoms with Gasteiger partial charge in [0.05, 0.1) is 12.6 Å². The SMILES string of the molecule is CCNc1nccc(N(C)C(C)CO)n1. The van der Waals surface area contributed by atoms with Crippen LogP contribution in [0.15, 0.2) is 12.3 Å².